The van der Waals surface area contributed by atoms with Gasteiger partial charge in [0.2, 0.25) is 0 Å². The standard InChI is InChI=1S/C22H15Br2NO4/c23-15-7-3-13(4-8-15)19-18(20(26)14-5-9-16(24)10-6-14)21(27)22(28)25(19)12-17-2-1-11-29-17/h1-11,19,26H,12H2. The summed E-state index contributed by atoms with van der Waals surface area (Å²) in [5.74, 6) is -1.04. The maximum Gasteiger partial charge on any atom is 0.296 e. The van der Waals surface area contributed by atoms with Gasteiger partial charge in [0.25, 0.3) is 11.7 Å². The summed E-state index contributed by atoms with van der Waals surface area (Å²) in [5.41, 5.74) is 1.25. The number of ketones is 1. The molecule has 1 unspecified atom stereocenters. The molecule has 1 atom stereocenters. The first kappa shape index (κ1) is 19.7. The Morgan fingerprint density at radius 3 is 2.17 bits per heavy atom. The molecule has 29 heavy (non-hydrogen) atoms. The van der Waals surface area contributed by atoms with Crippen molar-refractivity contribution in [1.29, 1.82) is 0 Å². The number of aliphatic hydroxyl groups is 1. The van der Waals surface area contributed by atoms with Crippen LogP contribution in [0.25, 0.3) is 5.76 Å². The number of nitrogens with zero attached hydrogens (tertiary/aromatic N) is 1. The Labute approximate surface area is 183 Å². The topological polar surface area (TPSA) is 70.8 Å². The minimum absolute atomic E-state index is 0.0613. The van der Waals surface area contributed by atoms with Crippen LogP contribution in [-0.4, -0.2) is 21.7 Å². The van der Waals surface area contributed by atoms with Crippen molar-refractivity contribution in [3.05, 3.63) is 98.3 Å². The lowest BCUT2D eigenvalue weighted by molar-refractivity contribution is -0.140. The smallest absolute Gasteiger partial charge is 0.296 e. The van der Waals surface area contributed by atoms with Crippen molar-refractivity contribution >= 4 is 49.3 Å². The van der Waals surface area contributed by atoms with Crippen molar-refractivity contribution in [2.75, 3.05) is 0 Å². The quantitative estimate of drug-likeness (QED) is 0.285. The van der Waals surface area contributed by atoms with E-state index in [1.807, 2.05) is 24.3 Å². The number of hydrogen-bond acceptors (Lipinski definition) is 4. The van der Waals surface area contributed by atoms with Crippen molar-refractivity contribution in [2.24, 2.45) is 0 Å². The number of hydrogen-bond donors (Lipinski definition) is 1. The predicted molar refractivity (Wildman–Crippen MR) is 115 cm³/mol. The Balaban J connectivity index is 1.86. The third-order valence-electron chi connectivity index (χ3n) is 4.75. The highest BCUT2D eigenvalue weighted by Gasteiger charge is 2.46. The van der Waals surface area contributed by atoms with Crippen LogP contribution in [-0.2, 0) is 16.1 Å². The van der Waals surface area contributed by atoms with Gasteiger partial charge in [-0.15, -0.1) is 0 Å². The highest BCUT2D eigenvalue weighted by molar-refractivity contribution is 9.10. The molecule has 1 aromatic heterocycles. The second kappa shape index (κ2) is 8.00. The fraction of sp³-hybridized carbons (Fsp3) is 0.0909. The van der Waals surface area contributed by atoms with Crippen molar-refractivity contribution in [3.8, 4) is 0 Å². The van der Waals surface area contributed by atoms with Crippen molar-refractivity contribution in [2.45, 2.75) is 12.6 Å². The number of halogens is 2. The Morgan fingerprint density at radius 2 is 1.59 bits per heavy atom. The summed E-state index contributed by atoms with van der Waals surface area (Å²) in [6.45, 7) is 0.120. The van der Waals surface area contributed by atoms with Gasteiger partial charge in [0.15, 0.2) is 0 Å². The first-order chi connectivity index (χ1) is 14.0. The van der Waals surface area contributed by atoms with Crippen molar-refractivity contribution in [3.63, 3.8) is 0 Å². The lowest BCUT2D eigenvalue weighted by Crippen LogP contribution is -2.29. The summed E-state index contributed by atoms with van der Waals surface area (Å²) in [6.07, 6.45) is 1.52. The zero-order valence-electron chi connectivity index (χ0n) is 15.0. The number of carbonyl (C=O) groups excluding carboxylic acids is 2. The fourth-order valence-corrected chi connectivity index (χ4v) is 3.90. The molecular weight excluding hydrogens is 502 g/mol. The second-order valence-corrected chi connectivity index (χ2v) is 8.40. The minimum atomic E-state index is -0.725. The fourth-order valence-electron chi connectivity index (χ4n) is 3.37. The van der Waals surface area contributed by atoms with Gasteiger partial charge in [-0.05, 0) is 42.0 Å². The van der Waals surface area contributed by atoms with Crippen molar-refractivity contribution < 1.29 is 19.1 Å². The first-order valence-corrected chi connectivity index (χ1v) is 10.4. The molecule has 1 aliphatic rings. The lowest BCUT2D eigenvalue weighted by Gasteiger charge is -2.24. The molecule has 7 heteroatoms. The van der Waals surface area contributed by atoms with Gasteiger partial charge < -0.3 is 14.4 Å². The highest BCUT2D eigenvalue weighted by atomic mass is 79.9. The van der Waals surface area contributed by atoms with Crippen LogP contribution in [0.5, 0.6) is 0 Å². The zero-order valence-corrected chi connectivity index (χ0v) is 18.2. The van der Waals surface area contributed by atoms with E-state index in [1.165, 1.54) is 11.2 Å². The van der Waals surface area contributed by atoms with Gasteiger partial charge >= 0.3 is 0 Å². The third kappa shape index (κ3) is 3.80. The average molecular weight is 517 g/mol. The maximum absolute atomic E-state index is 12.9. The first-order valence-electron chi connectivity index (χ1n) is 8.78. The van der Waals surface area contributed by atoms with Crippen LogP contribution in [0, 0.1) is 0 Å². The van der Waals surface area contributed by atoms with E-state index in [2.05, 4.69) is 31.9 Å². The minimum Gasteiger partial charge on any atom is -0.507 e. The molecule has 1 N–H and O–H groups in total. The SMILES string of the molecule is O=C1C(=O)N(Cc2ccco2)C(c2ccc(Br)cc2)C1=C(O)c1ccc(Br)cc1. The Morgan fingerprint density at radius 1 is 0.966 bits per heavy atom. The van der Waals surface area contributed by atoms with Crippen LogP contribution in [0.15, 0.2) is 85.9 Å². The molecule has 5 nitrogen and oxygen atoms in total. The van der Waals surface area contributed by atoms with Crippen LogP contribution in [0.4, 0.5) is 0 Å². The van der Waals surface area contributed by atoms with Crippen molar-refractivity contribution in [1.82, 2.24) is 4.90 Å². The van der Waals surface area contributed by atoms with Crippen LogP contribution in [0.2, 0.25) is 0 Å². The number of aliphatic hydroxyl groups excluding tert-OH is 1. The van der Waals surface area contributed by atoms with Gasteiger partial charge in [0, 0.05) is 14.5 Å². The highest BCUT2D eigenvalue weighted by Crippen LogP contribution is 2.40. The molecular formula is C22H15Br2NO4. The lowest BCUT2D eigenvalue weighted by atomic mass is 9.95. The predicted octanol–water partition coefficient (Wildman–Crippen LogP) is 5.43. The van der Waals surface area contributed by atoms with E-state index in [1.54, 1.807) is 36.4 Å². The van der Waals surface area contributed by atoms with Crippen LogP contribution < -0.4 is 0 Å². The molecule has 2 heterocycles. The molecule has 1 aliphatic heterocycles. The van der Waals surface area contributed by atoms with Crippen LogP contribution >= 0.6 is 31.9 Å². The summed E-state index contributed by atoms with van der Waals surface area (Å²) in [7, 11) is 0. The van der Waals surface area contributed by atoms with E-state index in [4.69, 9.17) is 4.42 Å². The second-order valence-electron chi connectivity index (χ2n) is 6.56. The van der Waals surface area contributed by atoms with E-state index in [9.17, 15) is 14.7 Å². The molecule has 1 fully saturated rings. The number of rotatable bonds is 4. The number of amides is 1. The molecule has 1 amide bonds. The van der Waals surface area contributed by atoms with E-state index < -0.39 is 17.7 Å². The molecule has 1 saturated heterocycles. The number of Topliss-reactive ketones (excluding diaryl/α,β-unsaturated/α-hetero) is 1. The molecule has 4 rings (SSSR count). The molecule has 3 aromatic rings. The van der Waals surface area contributed by atoms with Gasteiger partial charge in [-0.1, -0.05) is 56.1 Å². The molecule has 0 radical (unpaired) electrons. The Bertz CT molecular complexity index is 1090. The summed E-state index contributed by atoms with van der Waals surface area (Å²) >= 11 is 6.76. The van der Waals surface area contributed by atoms with E-state index >= 15 is 0 Å². The van der Waals surface area contributed by atoms with E-state index in [0.717, 1.165) is 14.5 Å². The Hall–Kier alpha value is -2.64. The largest absolute Gasteiger partial charge is 0.507 e. The number of benzene rings is 2. The summed E-state index contributed by atoms with van der Waals surface area (Å²) in [6, 6.07) is 17.0. The van der Waals surface area contributed by atoms with Gasteiger partial charge in [-0.3, -0.25) is 9.59 Å². The Kier molecular flexibility index (Phi) is 5.43. The molecule has 0 aliphatic carbocycles. The molecule has 146 valence electrons. The van der Waals surface area contributed by atoms with Gasteiger partial charge in [-0.25, -0.2) is 0 Å². The molecule has 2 aromatic carbocycles. The van der Waals surface area contributed by atoms with Gasteiger partial charge in [-0.2, -0.15) is 0 Å². The normalized spacial score (nSPS) is 18.4. The monoisotopic (exact) mass is 515 g/mol. The molecule has 0 bridgehead atoms. The van der Waals surface area contributed by atoms with Gasteiger partial charge in [0.1, 0.15) is 11.5 Å². The number of likely N-dealkylation sites (tertiary alicyclic amines) is 1. The van der Waals surface area contributed by atoms with Crippen LogP contribution in [0.1, 0.15) is 22.9 Å². The molecule has 0 saturated carbocycles. The average Bonchev–Trinajstić information content (AvgIpc) is 3.31. The summed E-state index contributed by atoms with van der Waals surface area (Å²) in [5, 5.41) is 11.0. The van der Waals surface area contributed by atoms with E-state index in [0.29, 0.717) is 11.3 Å². The van der Waals surface area contributed by atoms with E-state index in [-0.39, 0.29) is 17.9 Å². The molecule has 0 spiro atoms. The third-order valence-corrected chi connectivity index (χ3v) is 5.81. The van der Waals surface area contributed by atoms with Gasteiger partial charge in [0.05, 0.1) is 24.4 Å². The number of furan rings is 1. The van der Waals surface area contributed by atoms with Crippen LogP contribution in [0.3, 0.4) is 0 Å². The maximum atomic E-state index is 12.9. The number of carbonyl (C=O) groups is 2. The zero-order chi connectivity index (χ0) is 20.5. The summed E-state index contributed by atoms with van der Waals surface area (Å²) in [4.78, 5) is 27.2. The summed E-state index contributed by atoms with van der Waals surface area (Å²) < 4.78 is 7.10.